The van der Waals surface area contributed by atoms with Crippen LogP contribution in [0.2, 0.25) is 0 Å². The predicted molar refractivity (Wildman–Crippen MR) is 71.4 cm³/mol. The van der Waals surface area contributed by atoms with Crippen molar-refractivity contribution < 1.29 is 23.7 Å². The summed E-state index contributed by atoms with van der Waals surface area (Å²) in [5, 5.41) is 0. The zero-order valence-electron chi connectivity index (χ0n) is 11.1. The molecule has 0 heterocycles. The highest BCUT2D eigenvalue weighted by atomic mass is 79.9. The van der Waals surface area contributed by atoms with E-state index in [1.807, 2.05) is 0 Å². The van der Waals surface area contributed by atoms with Crippen molar-refractivity contribution in [3.8, 4) is 0 Å². The molecule has 1 fully saturated rings. The van der Waals surface area contributed by atoms with Crippen LogP contribution in [0.5, 0.6) is 0 Å². The third-order valence-corrected chi connectivity index (χ3v) is 3.71. The van der Waals surface area contributed by atoms with Crippen molar-refractivity contribution in [1.82, 2.24) is 0 Å². The van der Waals surface area contributed by atoms with Gasteiger partial charge in [0.25, 0.3) is 0 Å². The standard InChI is InChI=1S/C12H23BrO5/c1-14-3-4-16-5-6-17-7-8-18-11-9-10(13)12(11)15-2/h10-12H,3-9H2,1-2H3. The van der Waals surface area contributed by atoms with Crippen LogP contribution in [0.15, 0.2) is 0 Å². The molecule has 0 radical (unpaired) electrons. The van der Waals surface area contributed by atoms with Gasteiger partial charge in [0.05, 0.1) is 51.8 Å². The quantitative estimate of drug-likeness (QED) is 0.422. The molecule has 0 aromatic rings. The Kier molecular flexibility index (Phi) is 9.18. The van der Waals surface area contributed by atoms with Crippen molar-refractivity contribution in [1.29, 1.82) is 0 Å². The molecule has 1 aliphatic rings. The van der Waals surface area contributed by atoms with Crippen molar-refractivity contribution in [3.63, 3.8) is 0 Å². The Balaban J connectivity index is 1.82. The fourth-order valence-corrected chi connectivity index (χ4v) is 2.64. The summed E-state index contributed by atoms with van der Waals surface area (Å²) >= 11 is 3.53. The summed E-state index contributed by atoms with van der Waals surface area (Å²) in [6.45, 7) is 3.61. The van der Waals surface area contributed by atoms with Gasteiger partial charge in [-0.25, -0.2) is 0 Å². The smallest absolute Gasteiger partial charge is 0.0958 e. The van der Waals surface area contributed by atoms with E-state index in [0.29, 0.717) is 44.5 Å². The van der Waals surface area contributed by atoms with Crippen LogP contribution in [0.1, 0.15) is 6.42 Å². The van der Waals surface area contributed by atoms with Gasteiger partial charge in [-0.3, -0.25) is 0 Å². The normalized spacial score (nSPS) is 27.2. The second-order valence-electron chi connectivity index (χ2n) is 4.08. The predicted octanol–water partition coefficient (Wildman–Crippen LogP) is 1.23. The zero-order valence-corrected chi connectivity index (χ0v) is 12.7. The van der Waals surface area contributed by atoms with Gasteiger partial charge in [-0.1, -0.05) is 15.9 Å². The van der Waals surface area contributed by atoms with Crippen molar-refractivity contribution in [2.45, 2.75) is 23.5 Å². The van der Waals surface area contributed by atoms with Crippen LogP contribution in [0.3, 0.4) is 0 Å². The van der Waals surface area contributed by atoms with Crippen LogP contribution in [0.25, 0.3) is 0 Å². The Labute approximate surface area is 117 Å². The number of hydrogen-bond donors (Lipinski definition) is 0. The minimum absolute atomic E-state index is 0.169. The van der Waals surface area contributed by atoms with Crippen molar-refractivity contribution >= 4 is 15.9 Å². The summed E-state index contributed by atoms with van der Waals surface area (Å²) in [6, 6.07) is 0. The van der Waals surface area contributed by atoms with E-state index >= 15 is 0 Å². The maximum Gasteiger partial charge on any atom is 0.0958 e. The Morgan fingerprint density at radius 3 is 2.11 bits per heavy atom. The number of methoxy groups -OCH3 is 2. The molecule has 0 saturated heterocycles. The van der Waals surface area contributed by atoms with Crippen LogP contribution in [-0.2, 0) is 23.7 Å². The van der Waals surface area contributed by atoms with E-state index in [0.717, 1.165) is 6.42 Å². The molecule has 1 rings (SSSR count). The van der Waals surface area contributed by atoms with Gasteiger partial charge in [0.15, 0.2) is 0 Å². The molecule has 108 valence electrons. The lowest BCUT2D eigenvalue weighted by Crippen LogP contribution is -2.50. The van der Waals surface area contributed by atoms with Gasteiger partial charge in [-0.15, -0.1) is 0 Å². The van der Waals surface area contributed by atoms with E-state index in [2.05, 4.69) is 15.9 Å². The van der Waals surface area contributed by atoms with Crippen molar-refractivity contribution in [2.75, 3.05) is 53.9 Å². The molecule has 1 saturated carbocycles. The number of hydrogen-bond acceptors (Lipinski definition) is 5. The minimum atomic E-state index is 0.169. The molecule has 1 aliphatic carbocycles. The second-order valence-corrected chi connectivity index (χ2v) is 5.25. The third kappa shape index (κ3) is 5.95. The molecule has 0 spiro atoms. The van der Waals surface area contributed by atoms with E-state index in [4.69, 9.17) is 23.7 Å². The molecular weight excluding hydrogens is 304 g/mol. The third-order valence-electron chi connectivity index (χ3n) is 2.82. The lowest BCUT2D eigenvalue weighted by Gasteiger charge is -2.39. The molecule has 6 heteroatoms. The Bertz CT molecular complexity index is 205. The number of halogens is 1. The molecule has 0 aliphatic heterocycles. The maximum atomic E-state index is 5.66. The molecular formula is C12H23BrO5. The summed E-state index contributed by atoms with van der Waals surface area (Å²) in [7, 11) is 3.37. The van der Waals surface area contributed by atoms with Gasteiger partial charge in [0, 0.05) is 19.0 Å². The first-order chi connectivity index (χ1) is 8.79. The fraction of sp³-hybridized carbons (Fsp3) is 1.00. The van der Waals surface area contributed by atoms with Crippen LogP contribution >= 0.6 is 15.9 Å². The van der Waals surface area contributed by atoms with Gasteiger partial charge in [-0.2, -0.15) is 0 Å². The summed E-state index contributed by atoms with van der Waals surface area (Å²) in [5.41, 5.74) is 0. The largest absolute Gasteiger partial charge is 0.382 e. The van der Waals surface area contributed by atoms with Crippen molar-refractivity contribution in [3.05, 3.63) is 0 Å². The van der Waals surface area contributed by atoms with Gasteiger partial charge in [0.2, 0.25) is 0 Å². The van der Waals surface area contributed by atoms with Crippen molar-refractivity contribution in [2.24, 2.45) is 0 Å². The fourth-order valence-electron chi connectivity index (χ4n) is 1.71. The van der Waals surface area contributed by atoms with Gasteiger partial charge in [-0.05, 0) is 6.42 Å². The van der Waals surface area contributed by atoms with E-state index < -0.39 is 0 Å². The van der Waals surface area contributed by atoms with E-state index in [1.165, 1.54) is 0 Å². The number of alkyl halides is 1. The summed E-state index contributed by atoms with van der Waals surface area (Å²) < 4.78 is 26.5. The van der Waals surface area contributed by atoms with E-state index in [9.17, 15) is 0 Å². The van der Waals surface area contributed by atoms with Gasteiger partial charge in [0.1, 0.15) is 0 Å². The molecule has 18 heavy (non-hydrogen) atoms. The van der Waals surface area contributed by atoms with Crippen LogP contribution in [-0.4, -0.2) is 70.9 Å². The lowest BCUT2D eigenvalue weighted by atomic mass is 9.91. The van der Waals surface area contributed by atoms with E-state index in [1.54, 1.807) is 14.2 Å². The second kappa shape index (κ2) is 10.1. The SMILES string of the molecule is COCCOCCOCCOC1CC(Br)C1OC. The molecule has 0 amide bonds. The minimum Gasteiger partial charge on any atom is -0.382 e. The molecule has 0 bridgehead atoms. The summed E-state index contributed by atoms with van der Waals surface area (Å²) in [5.74, 6) is 0. The molecule has 0 N–H and O–H groups in total. The Morgan fingerprint density at radius 1 is 0.944 bits per heavy atom. The van der Waals surface area contributed by atoms with E-state index in [-0.39, 0.29) is 12.2 Å². The van der Waals surface area contributed by atoms with Gasteiger partial charge >= 0.3 is 0 Å². The Hall–Kier alpha value is 0.280. The first-order valence-electron chi connectivity index (χ1n) is 6.22. The molecule has 3 atom stereocenters. The highest BCUT2D eigenvalue weighted by Crippen LogP contribution is 2.32. The molecule has 5 nitrogen and oxygen atoms in total. The average Bonchev–Trinajstić information content (AvgIpc) is 2.35. The number of ether oxygens (including phenoxy) is 5. The zero-order chi connectivity index (χ0) is 13.2. The molecule has 0 aromatic heterocycles. The first-order valence-corrected chi connectivity index (χ1v) is 7.14. The summed E-state index contributed by atoms with van der Waals surface area (Å²) in [4.78, 5) is 0.419. The molecule has 3 unspecified atom stereocenters. The molecule has 0 aromatic carbocycles. The monoisotopic (exact) mass is 326 g/mol. The van der Waals surface area contributed by atoms with Crippen LogP contribution in [0.4, 0.5) is 0 Å². The average molecular weight is 327 g/mol. The highest BCUT2D eigenvalue weighted by molar-refractivity contribution is 9.09. The Morgan fingerprint density at radius 2 is 1.56 bits per heavy atom. The first kappa shape index (κ1) is 16.3. The highest BCUT2D eigenvalue weighted by Gasteiger charge is 2.40. The number of rotatable bonds is 11. The lowest BCUT2D eigenvalue weighted by molar-refractivity contribution is -0.117. The van der Waals surface area contributed by atoms with Crippen LogP contribution in [0, 0.1) is 0 Å². The topological polar surface area (TPSA) is 46.2 Å². The summed E-state index contributed by atoms with van der Waals surface area (Å²) in [6.07, 6.45) is 1.36. The van der Waals surface area contributed by atoms with Crippen LogP contribution < -0.4 is 0 Å². The van der Waals surface area contributed by atoms with Gasteiger partial charge < -0.3 is 23.7 Å². The maximum absolute atomic E-state index is 5.66.